The van der Waals surface area contributed by atoms with Crippen molar-refractivity contribution in [2.24, 2.45) is 0 Å². The minimum atomic E-state index is -2.73. The Morgan fingerprint density at radius 2 is 0.558 bits per heavy atom. The van der Waals surface area contributed by atoms with Gasteiger partial charge in [-0.1, -0.05) is 132 Å². The molecule has 6 aromatic rings. The number of rotatable bonds is 6. The molecule has 0 fully saturated rings. The van der Waals surface area contributed by atoms with E-state index >= 15 is 0 Å². The van der Waals surface area contributed by atoms with Crippen molar-refractivity contribution in [3.05, 3.63) is 170 Å². The Balaban J connectivity index is 0.000000735. The summed E-state index contributed by atoms with van der Waals surface area (Å²) in [7, 11) is -5.46. The van der Waals surface area contributed by atoms with Gasteiger partial charge in [0.2, 0.25) is 0 Å². The average molecular weight is 741 g/mol. The molecule has 0 aliphatic heterocycles. The molecule has 0 aliphatic carbocycles. The number of hydrogen-bond donors (Lipinski definition) is 0. The molecule has 6 aromatic carbocycles. The molecule has 218 valence electrons. The SMILES string of the molecule is O.O=P(c1ccccc1)(c1ccccc1)[c-]1cccc1.O=P(c1ccccc1)(c1ccccc1)[c-]1cccc1.[Cl-].[Cl-].[Fe+2].[Zn+2]. The van der Waals surface area contributed by atoms with Gasteiger partial charge in [0.1, 0.15) is 14.3 Å². The first kappa shape index (κ1) is 40.7. The molecule has 0 bridgehead atoms. The molecule has 0 unspecified atom stereocenters. The minimum absolute atomic E-state index is 0. The summed E-state index contributed by atoms with van der Waals surface area (Å²) in [6.07, 6.45) is 0. The van der Waals surface area contributed by atoms with Crippen molar-refractivity contribution in [1.82, 2.24) is 0 Å². The van der Waals surface area contributed by atoms with Crippen LogP contribution >= 0.6 is 14.3 Å². The topological polar surface area (TPSA) is 65.6 Å². The van der Waals surface area contributed by atoms with Crippen LogP contribution in [0.4, 0.5) is 0 Å². The first-order chi connectivity index (χ1) is 18.6. The minimum Gasteiger partial charge on any atom is -1.00 e. The van der Waals surface area contributed by atoms with Crippen molar-refractivity contribution < 1.29 is 76.0 Å². The van der Waals surface area contributed by atoms with Gasteiger partial charge < -0.3 is 39.4 Å². The van der Waals surface area contributed by atoms with Gasteiger partial charge in [-0.3, -0.25) is 0 Å². The molecule has 9 heteroatoms. The number of benzene rings is 4. The summed E-state index contributed by atoms with van der Waals surface area (Å²) in [6, 6.07) is 54.4. The van der Waals surface area contributed by atoms with E-state index in [2.05, 4.69) is 0 Å². The zero-order valence-electron chi connectivity index (χ0n) is 23.2. The molecule has 0 radical (unpaired) electrons. The summed E-state index contributed by atoms with van der Waals surface area (Å²) in [5.41, 5.74) is 0. The first-order valence-corrected chi connectivity index (χ1v) is 15.9. The fourth-order valence-corrected chi connectivity index (χ4v) is 9.93. The molecule has 0 spiro atoms. The Morgan fingerprint density at radius 1 is 0.372 bits per heavy atom. The molecule has 0 saturated carbocycles. The third-order valence-electron chi connectivity index (χ3n) is 6.50. The van der Waals surface area contributed by atoms with Crippen LogP contribution < -0.4 is 56.6 Å². The predicted octanol–water partition coefficient (Wildman–Crippen LogP) is -0.732. The van der Waals surface area contributed by atoms with Crippen LogP contribution in [-0.2, 0) is 45.7 Å². The van der Waals surface area contributed by atoms with Crippen LogP contribution in [0.1, 0.15) is 0 Å². The zero-order chi connectivity index (χ0) is 26.3. The number of hydrogen-bond acceptors (Lipinski definition) is 2. The molecule has 0 atom stereocenters. The molecule has 0 saturated heterocycles. The maximum atomic E-state index is 13.7. The second-order valence-electron chi connectivity index (χ2n) is 8.85. The summed E-state index contributed by atoms with van der Waals surface area (Å²) in [5, 5.41) is 5.31. The first-order valence-electron chi connectivity index (χ1n) is 12.5. The monoisotopic (exact) mass is 738 g/mol. The van der Waals surface area contributed by atoms with Crippen LogP contribution in [0.3, 0.4) is 0 Å². The van der Waals surface area contributed by atoms with Gasteiger partial charge in [0.25, 0.3) is 0 Å². The average Bonchev–Trinajstić information content (AvgIpc) is 3.75. The molecular formula is C34H30Cl2FeO3P2Zn. The van der Waals surface area contributed by atoms with Crippen LogP contribution in [0, 0.1) is 0 Å². The van der Waals surface area contributed by atoms with Gasteiger partial charge >= 0.3 is 36.5 Å². The van der Waals surface area contributed by atoms with Gasteiger partial charge in [-0.2, -0.15) is 24.3 Å². The Bertz CT molecular complexity index is 1440. The van der Waals surface area contributed by atoms with E-state index < -0.39 is 14.3 Å². The summed E-state index contributed by atoms with van der Waals surface area (Å²) in [6.45, 7) is 0. The molecular weight excluding hydrogens is 710 g/mol. The van der Waals surface area contributed by atoms with Gasteiger partial charge in [-0.25, -0.2) is 24.3 Å². The van der Waals surface area contributed by atoms with Crippen molar-refractivity contribution in [1.29, 1.82) is 0 Å². The molecule has 0 amide bonds. The van der Waals surface area contributed by atoms with E-state index in [4.69, 9.17) is 0 Å². The van der Waals surface area contributed by atoms with E-state index in [9.17, 15) is 9.13 Å². The quantitative estimate of drug-likeness (QED) is 0.129. The second kappa shape index (κ2) is 19.2. The Hall–Kier alpha value is -2.28. The molecule has 6 rings (SSSR count). The molecule has 3 nitrogen and oxygen atoms in total. The molecule has 0 aliphatic rings. The van der Waals surface area contributed by atoms with Crippen molar-refractivity contribution in [2.45, 2.75) is 0 Å². The van der Waals surface area contributed by atoms with E-state index in [0.29, 0.717) is 0 Å². The fraction of sp³-hybridized carbons (Fsp3) is 0. The third kappa shape index (κ3) is 8.89. The summed E-state index contributed by atoms with van der Waals surface area (Å²) in [4.78, 5) is 0. The number of halogens is 2. The zero-order valence-corrected chi connectivity index (χ0v) is 30.6. The van der Waals surface area contributed by atoms with Gasteiger partial charge in [0.15, 0.2) is 0 Å². The Labute approximate surface area is 290 Å². The maximum Gasteiger partial charge on any atom is 2.00 e. The summed E-state index contributed by atoms with van der Waals surface area (Å²) in [5.74, 6) is 0. The van der Waals surface area contributed by atoms with Gasteiger partial charge in [0, 0.05) is 21.2 Å². The third-order valence-corrected chi connectivity index (χ3v) is 12.6. The van der Waals surface area contributed by atoms with Crippen LogP contribution in [0.2, 0.25) is 0 Å². The van der Waals surface area contributed by atoms with Crippen molar-refractivity contribution in [3.63, 3.8) is 0 Å². The standard InChI is InChI=1S/2C17H14OP.2ClH.Fe.H2O.Zn/c2*18-19(17-13-7-8-14-17,15-9-3-1-4-10-15)16-11-5-2-6-12-16;;;;;/h2*1-14H;2*1H;;1H2;/q2*-1;;;+2;;+2/p-2. The van der Waals surface area contributed by atoms with Crippen molar-refractivity contribution in [3.8, 4) is 0 Å². The summed E-state index contributed by atoms with van der Waals surface area (Å²) < 4.78 is 27.4. The van der Waals surface area contributed by atoms with E-state index in [1.54, 1.807) is 0 Å². The van der Waals surface area contributed by atoms with E-state index in [1.165, 1.54) is 0 Å². The normalized spacial score (nSPS) is 10.0. The van der Waals surface area contributed by atoms with Crippen LogP contribution in [0.5, 0.6) is 0 Å². The van der Waals surface area contributed by atoms with Gasteiger partial charge in [0.05, 0.1) is 0 Å². The molecule has 0 aromatic heterocycles. The summed E-state index contributed by atoms with van der Waals surface area (Å²) >= 11 is 0. The Kier molecular flexibility index (Phi) is 18.2. The van der Waals surface area contributed by atoms with Crippen molar-refractivity contribution >= 4 is 46.1 Å². The van der Waals surface area contributed by atoms with E-state index in [0.717, 1.165) is 31.8 Å². The van der Waals surface area contributed by atoms with Crippen LogP contribution in [-0.4, -0.2) is 5.48 Å². The molecule has 0 heterocycles. The predicted molar refractivity (Wildman–Crippen MR) is 166 cm³/mol. The van der Waals surface area contributed by atoms with Crippen molar-refractivity contribution in [2.75, 3.05) is 0 Å². The second-order valence-corrected chi connectivity index (χ2v) is 14.4. The van der Waals surface area contributed by atoms with Gasteiger partial charge in [-0.15, -0.1) is 0 Å². The van der Waals surface area contributed by atoms with E-state index in [1.807, 2.05) is 170 Å². The maximum absolute atomic E-state index is 13.7. The molecule has 43 heavy (non-hydrogen) atoms. The Morgan fingerprint density at radius 3 is 0.744 bits per heavy atom. The fourth-order valence-electron chi connectivity index (χ4n) is 4.59. The smallest absolute Gasteiger partial charge is 1.00 e. The van der Waals surface area contributed by atoms with E-state index in [-0.39, 0.29) is 66.8 Å². The van der Waals surface area contributed by atoms with Gasteiger partial charge in [-0.05, 0) is 0 Å². The van der Waals surface area contributed by atoms with Crippen LogP contribution in [0.15, 0.2) is 170 Å². The molecule has 2 N–H and O–H groups in total. The largest absolute Gasteiger partial charge is 2.00 e. The van der Waals surface area contributed by atoms with Crippen LogP contribution in [0.25, 0.3) is 0 Å².